The standard InChI is InChI=1S/C14H16NO2SSi.Li/c1-19(2,3)14-11-13(9-10-15-14)18(16,17)12-7-5-4-6-8-12;/h4-11H,1H2,2-3H3;/q-1;+1. The summed E-state index contributed by atoms with van der Waals surface area (Å²) in [6.45, 7) is 8.19. The molecule has 1 aromatic heterocycles. The molecule has 0 atom stereocenters. The van der Waals surface area contributed by atoms with E-state index in [1.54, 1.807) is 42.6 Å². The Labute approximate surface area is 133 Å². The van der Waals surface area contributed by atoms with Gasteiger partial charge in [0.1, 0.15) is 0 Å². The quantitative estimate of drug-likeness (QED) is 0.551. The van der Waals surface area contributed by atoms with Crippen molar-refractivity contribution in [1.29, 1.82) is 0 Å². The second-order valence-electron chi connectivity index (χ2n) is 5.08. The van der Waals surface area contributed by atoms with E-state index in [1.807, 2.05) is 13.1 Å². The molecule has 100 valence electrons. The van der Waals surface area contributed by atoms with Crippen LogP contribution in [-0.4, -0.2) is 21.5 Å². The van der Waals surface area contributed by atoms with Gasteiger partial charge in [0.15, 0.2) is 0 Å². The summed E-state index contributed by atoms with van der Waals surface area (Å²) >= 11 is 0. The number of aromatic nitrogens is 1. The summed E-state index contributed by atoms with van der Waals surface area (Å²) < 4.78 is 25.0. The van der Waals surface area contributed by atoms with Gasteiger partial charge in [-0.1, -0.05) is 31.3 Å². The zero-order valence-electron chi connectivity index (χ0n) is 12.0. The molecule has 0 N–H and O–H groups in total. The third kappa shape index (κ3) is 3.61. The van der Waals surface area contributed by atoms with Gasteiger partial charge in [-0.15, -0.1) is 0 Å². The smallest absolute Gasteiger partial charge is 0.337 e. The van der Waals surface area contributed by atoms with Crippen molar-refractivity contribution in [2.24, 2.45) is 0 Å². The number of nitrogens with zero attached hydrogens (tertiary/aromatic N) is 1. The fraction of sp³-hybridized carbons (Fsp3) is 0.143. The van der Waals surface area contributed by atoms with Crippen LogP contribution in [-0.2, 0) is 9.84 Å². The van der Waals surface area contributed by atoms with Gasteiger partial charge in [-0.25, -0.2) is 8.42 Å². The molecule has 2 rings (SSSR count). The molecule has 0 unspecified atom stereocenters. The molecule has 0 radical (unpaired) electrons. The maximum absolute atomic E-state index is 12.5. The first kappa shape index (κ1) is 17.2. The van der Waals surface area contributed by atoms with Gasteiger partial charge in [0, 0.05) is 6.20 Å². The Morgan fingerprint density at radius 2 is 1.65 bits per heavy atom. The third-order valence-electron chi connectivity index (χ3n) is 2.79. The summed E-state index contributed by atoms with van der Waals surface area (Å²) in [5, 5.41) is 0.796. The van der Waals surface area contributed by atoms with Crippen LogP contribution in [0.3, 0.4) is 0 Å². The van der Waals surface area contributed by atoms with E-state index >= 15 is 0 Å². The fourth-order valence-electron chi connectivity index (χ4n) is 1.68. The van der Waals surface area contributed by atoms with Crippen molar-refractivity contribution in [2.45, 2.75) is 22.9 Å². The maximum atomic E-state index is 12.5. The summed E-state index contributed by atoms with van der Waals surface area (Å²) in [4.78, 5) is 4.84. The minimum absolute atomic E-state index is 0. The predicted octanol–water partition coefficient (Wildman–Crippen LogP) is -0.793. The Bertz CT molecular complexity index is 682. The molecule has 0 amide bonds. The Morgan fingerprint density at radius 1 is 1.05 bits per heavy atom. The number of pyridine rings is 1. The van der Waals surface area contributed by atoms with Gasteiger partial charge < -0.3 is 6.55 Å². The average Bonchev–Trinajstić information content (AvgIpc) is 2.39. The molecule has 3 nitrogen and oxygen atoms in total. The van der Waals surface area contributed by atoms with Crippen LogP contribution in [0.5, 0.6) is 0 Å². The van der Waals surface area contributed by atoms with Crippen molar-refractivity contribution in [3.63, 3.8) is 0 Å². The van der Waals surface area contributed by atoms with Crippen molar-refractivity contribution >= 4 is 23.2 Å². The number of sulfone groups is 1. The van der Waals surface area contributed by atoms with Crippen molar-refractivity contribution in [3.05, 3.63) is 55.2 Å². The topological polar surface area (TPSA) is 47.0 Å². The molecule has 1 heterocycles. The summed E-state index contributed by atoms with van der Waals surface area (Å²) in [5.41, 5.74) is 0. The van der Waals surface area contributed by atoms with Crippen LogP contribution < -0.4 is 24.2 Å². The van der Waals surface area contributed by atoms with Gasteiger partial charge in [-0.2, -0.15) is 0 Å². The van der Waals surface area contributed by atoms with Gasteiger partial charge in [-0.3, -0.25) is 4.98 Å². The first-order valence-corrected chi connectivity index (χ1v) is 10.6. The molecule has 0 aliphatic rings. The fourth-order valence-corrected chi connectivity index (χ4v) is 4.05. The molecule has 0 saturated heterocycles. The molecule has 0 spiro atoms. The molecular formula is C14H16LiNO2SSi. The van der Waals surface area contributed by atoms with E-state index in [0.717, 1.165) is 5.32 Å². The van der Waals surface area contributed by atoms with Crippen molar-refractivity contribution in [1.82, 2.24) is 4.98 Å². The van der Waals surface area contributed by atoms with E-state index in [2.05, 4.69) is 11.5 Å². The molecule has 0 bridgehead atoms. The maximum Gasteiger partial charge on any atom is 1.00 e. The van der Waals surface area contributed by atoms with Gasteiger partial charge in [0.2, 0.25) is 9.84 Å². The SMILES string of the molecule is [CH2-][Si](C)(C)c1cc(S(=O)(=O)c2ccccc2)ccn1.[Li+]. The van der Waals surface area contributed by atoms with Gasteiger partial charge in [0.25, 0.3) is 0 Å². The minimum Gasteiger partial charge on any atom is -0.337 e. The van der Waals surface area contributed by atoms with Gasteiger partial charge in [-0.05, 0) is 37.7 Å². The van der Waals surface area contributed by atoms with Crippen LogP contribution in [0, 0.1) is 6.55 Å². The predicted molar refractivity (Wildman–Crippen MR) is 78.6 cm³/mol. The molecule has 0 aliphatic heterocycles. The van der Waals surface area contributed by atoms with Crippen LogP contribution in [0.15, 0.2) is 58.5 Å². The first-order chi connectivity index (χ1) is 8.82. The molecule has 0 saturated carbocycles. The summed E-state index contributed by atoms with van der Waals surface area (Å²) in [6, 6.07) is 11.6. The van der Waals surface area contributed by atoms with E-state index < -0.39 is 17.9 Å². The van der Waals surface area contributed by atoms with Gasteiger partial charge >= 0.3 is 18.9 Å². The second-order valence-corrected chi connectivity index (χ2v) is 11.3. The Morgan fingerprint density at radius 3 is 2.20 bits per heavy atom. The molecule has 2 aromatic rings. The van der Waals surface area contributed by atoms with E-state index in [0.29, 0.717) is 4.90 Å². The summed E-state index contributed by atoms with van der Waals surface area (Å²) in [5.74, 6) is 0. The van der Waals surface area contributed by atoms with E-state index in [9.17, 15) is 8.42 Å². The van der Waals surface area contributed by atoms with Crippen LogP contribution >= 0.6 is 0 Å². The van der Waals surface area contributed by atoms with Crippen molar-refractivity contribution in [2.75, 3.05) is 0 Å². The summed E-state index contributed by atoms with van der Waals surface area (Å²) in [6.07, 6.45) is 1.55. The molecular weight excluding hydrogens is 281 g/mol. The van der Waals surface area contributed by atoms with Crippen LogP contribution in [0.2, 0.25) is 13.1 Å². The van der Waals surface area contributed by atoms with E-state index in [1.165, 1.54) is 6.07 Å². The van der Waals surface area contributed by atoms with E-state index in [-0.39, 0.29) is 23.8 Å². The molecule has 6 heteroatoms. The molecule has 0 fully saturated rings. The number of hydrogen-bond donors (Lipinski definition) is 0. The Balaban J connectivity index is 0.00000200. The molecule has 0 aliphatic carbocycles. The zero-order chi connectivity index (χ0) is 14.1. The minimum atomic E-state index is -3.47. The summed E-state index contributed by atoms with van der Waals surface area (Å²) in [7, 11) is -5.34. The monoisotopic (exact) mass is 297 g/mol. The largest absolute Gasteiger partial charge is 1.00 e. The van der Waals surface area contributed by atoms with Crippen LogP contribution in [0.4, 0.5) is 0 Å². The molecule has 1 aromatic carbocycles. The first-order valence-electron chi connectivity index (χ1n) is 5.94. The third-order valence-corrected chi connectivity index (χ3v) is 6.22. The average molecular weight is 297 g/mol. The number of benzene rings is 1. The Hall–Kier alpha value is -0.866. The zero-order valence-corrected chi connectivity index (χ0v) is 13.8. The van der Waals surface area contributed by atoms with Crippen molar-refractivity contribution in [3.8, 4) is 0 Å². The Kier molecular flexibility index (Phi) is 5.39. The van der Waals surface area contributed by atoms with Crippen molar-refractivity contribution < 1.29 is 27.3 Å². The molecule has 20 heavy (non-hydrogen) atoms. The normalized spacial score (nSPS) is 11.8. The second kappa shape index (κ2) is 6.27. The number of rotatable bonds is 3. The number of hydrogen-bond acceptors (Lipinski definition) is 3. The van der Waals surface area contributed by atoms with Crippen LogP contribution in [0.1, 0.15) is 0 Å². The van der Waals surface area contributed by atoms with Gasteiger partial charge in [0.05, 0.1) is 9.79 Å². The van der Waals surface area contributed by atoms with Crippen LogP contribution in [0.25, 0.3) is 0 Å². The van der Waals surface area contributed by atoms with E-state index in [4.69, 9.17) is 0 Å².